The molecule has 1 aromatic heterocycles. The number of nitrogens with two attached hydrogens (primary N) is 1. The van der Waals surface area contributed by atoms with Crippen molar-refractivity contribution in [3.05, 3.63) is 30.1 Å². The minimum Gasteiger partial charge on any atom is -0.327 e. The van der Waals surface area contributed by atoms with Crippen molar-refractivity contribution in [3.8, 4) is 0 Å². The Balaban J connectivity index is 2.51. The third kappa shape index (κ3) is 4.31. The van der Waals surface area contributed by atoms with Crippen LogP contribution in [0.3, 0.4) is 0 Å². The summed E-state index contributed by atoms with van der Waals surface area (Å²) in [5.74, 6) is 0.662. The monoisotopic (exact) mass is 220 g/mol. The molecule has 1 heterocycles. The molecule has 16 heavy (non-hydrogen) atoms. The highest BCUT2D eigenvalue weighted by Crippen LogP contribution is 2.19. The van der Waals surface area contributed by atoms with Crippen LogP contribution < -0.4 is 5.73 Å². The number of hydrogen-bond acceptors (Lipinski definition) is 2. The molecule has 0 bridgehead atoms. The maximum absolute atomic E-state index is 6.29. The number of nitrogens with zero attached hydrogens (tertiary/aromatic N) is 1. The average Bonchev–Trinajstić information content (AvgIpc) is 2.30. The van der Waals surface area contributed by atoms with Crippen molar-refractivity contribution >= 4 is 0 Å². The van der Waals surface area contributed by atoms with Gasteiger partial charge in [0, 0.05) is 18.4 Å². The Labute approximate surface area is 99.3 Å². The number of pyridine rings is 1. The molecule has 0 saturated carbocycles. The molecule has 0 amide bonds. The van der Waals surface area contributed by atoms with Crippen LogP contribution in [0.25, 0.3) is 0 Å². The summed E-state index contributed by atoms with van der Waals surface area (Å²) in [5.41, 5.74) is 7.55. The van der Waals surface area contributed by atoms with Crippen molar-refractivity contribution in [1.82, 2.24) is 4.98 Å². The van der Waals surface area contributed by atoms with Gasteiger partial charge in [0.15, 0.2) is 0 Å². The summed E-state index contributed by atoms with van der Waals surface area (Å²) in [6, 6.07) is 4.38. The lowest BCUT2D eigenvalue weighted by molar-refractivity contribution is 0.359. The van der Waals surface area contributed by atoms with Gasteiger partial charge in [0.2, 0.25) is 0 Å². The van der Waals surface area contributed by atoms with E-state index in [0.29, 0.717) is 5.92 Å². The third-order valence-electron chi connectivity index (χ3n) is 3.12. The SMILES string of the molecule is CCCC(CCC)C(N)Cc1cccnc1. The van der Waals surface area contributed by atoms with Crippen LogP contribution in [0.2, 0.25) is 0 Å². The van der Waals surface area contributed by atoms with Gasteiger partial charge >= 0.3 is 0 Å². The van der Waals surface area contributed by atoms with Crippen LogP contribution in [0.4, 0.5) is 0 Å². The van der Waals surface area contributed by atoms with E-state index in [2.05, 4.69) is 24.9 Å². The summed E-state index contributed by atoms with van der Waals surface area (Å²) in [6.45, 7) is 4.47. The first-order valence-corrected chi connectivity index (χ1v) is 6.42. The Morgan fingerprint density at radius 3 is 2.44 bits per heavy atom. The molecule has 1 unspecified atom stereocenters. The van der Waals surface area contributed by atoms with Crippen LogP contribution in [-0.2, 0) is 6.42 Å². The van der Waals surface area contributed by atoms with Gasteiger partial charge in [-0.1, -0.05) is 32.8 Å². The fourth-order valence-corrected chi connectivity index (χ4v) is 2.27. The maximum Gasteiger partial charge on any atom is 0.0300 e. The summed E-state index contributed by atoms with van der Waals surface area (Å²) < 4.78 is 0. The van der Waals surface area contributed by atoms with E-state index in [1.54, 1.807) is 0 Å². The molecular formula is C14H24N2. The standard InChI is InChI=1S/C14H24N2/c1-3-6-13(7-4-2)14(15)10-12-8-5-9-16-11-12/h5,8-9,11,13-14H,3-4,6-7,10,15H2,1-2H3. The third-order valence-corrected chi connectivity index (χ3v) is 3.12. The molecule has 0 saturated heterocycles. The lowest BCUT2D eigenvalue weighted by Gasteiger charge is -2.23. The molecular weight excluding hydrogens is 196 g/mol. The Kier molecular flexibility index (Phi) is 6.09. The van der Waals surface area contributed by atoms with E-state index in [1.165, 1.54) is 31.2 Å². The molecule has 0 aliphatic carbocycles. The van der Waals surface area contributed by atoms with E-state index in [0.717, 1.165) is 6.42 Å². The Hall–Kier alpha value is -0.890. The van der Waals surface area contributed by atoms with Gasteiger partial charge in [-0.05, 0) is 36.8 Å². The second kappa shape index (κ2) is 7.39. The van der Waals surface area contributed by atoms with Crippen molar-refractivity contribution in [3.63, 3.8) is 0 Å². The van der Waals surface area contributed by atoms with Gasteiger partial charge in [-0.2, -0.15) is 0 Å². The lowest BCUT2D eigenvalue weighted by atomic mass is 9.87. The van der Waals surface area contributed by atoms with Crippen LogP contribution in [0, 0.1) is 5.92 Å². The number of rotatable bonds is 7. The molecule has 1 atom stereocenters. The summed E-state index contributed by atoms with van der Waals surface area (Å²) in [7, 11) is 0. The van der Waals surface area contributed by atoms with Gasteiger partial charge in [0.05, 0.1) is 0 Å². The molecule has 2 nitrogen and oxygen atoms in total. The van der Waals surface area contributed by atoms with E-state index in [9.17, 15) is 0 Å². The number of aromatic nitrogens is 1. The first-order chi connectivity index (χ1) is 7.77. The van der Waals surface area contributed by atoms with Gasteiger partial charge in [0.25, 0.3) is 0 Å². The highest BCUT2D eigenvalue weighted by molar-refractivity contribution is 5.10. The highest BCUT2D eigenvalue weighted by Gasteiger charge is 2.16. The van der Waals surface area contributed by atoms with Crippen LogP contribution in [0.5, 0.6) is 0 Å². The topological polar surface area (TPSA) is 38.9 Å². The maximum atomic E-state index is 6.29. The molecule has 0 aromatic carbocycles. The van der Waals surface area contributed by atoms with E-state index >= 15 is 0 Å². The van der Waals surface area contributed by atoms with E-state index < -0.39 is 0 Å². The van der Waals surface area contributed by atoms with Crippen LogP contribution in [0.15, 0.2) is 24.5 Å². The zero-order chi connectivity index (χ0) is 11.8. The summed E-state index contributed by atoms with van der Waals surface area (Å²) >= 11 is 0. The zero-order valence-electron chi connectivity index (χ0n) is 10.5. The zero-order valence-corrected chi connectivity index (χ0v) is 10.5. The quantitative estimate of drug-likeness (QED) is 0.766. The van der Waals surface area contributed by atoms with Gasteiger partial charge < -0.3 is 5.73 Å². The van der Waals surface area contributed by atoms with Crippen molar-refractivity contribution in [1.29, 1.82) is 0 Å². The first kappa shape index (κ1) is 13.2. The summed E-state index contributed by atoms with van der Waals surface area (Å²) in [4.78, 5) is 4.13. The molecule has 2 heteroatoms. The fraction of sp³-hybridized carbons (Fsp3) is 0.643. The molecule has 0 aliphatic heterocycles. The second-order valence-corrected chi connectivity index (χ2v) is 4.57. The normalized spacial score (nSPS) is 13.0. The van der Waals surface area contributed by atoms with Crippen molar-refractivity contribution in [2.24, 2.45) is 11.7 Å². The highest BCUT2D eigenvalue weighted by atomic mass is 14.7. The van der Waals surface area contributed by atoms with Crippen molar-refractivity contribution in [2.75, 3.05) is 0 Å². The lowest BCUT2D eigenvalue weighted by Crippen LogP contribution is -2.32. The van der Waals surface area contributed by atoms with Gasteiger partial charge in [-0.3, -0.25) is 4.98 Å². The molecule has 1 rings (SSSR count). The minimum atomic E-state index is 0.282. The predicted octanol–water partition coefficient (Wildman–Crippen LogP) is 3.17. The van der Waals surface area contributed by atoms with E-state index in [4.69, 9.17) is 5.73 Å². The predicted molar refractivity (Wildman–Crippen MR) is 69.2 cm³/mol. The Bertz CT molecular complexity index is 265. The minimum absolute atomic E-state index is 0.282. The second-order valence-electron chi connectivity index (χ2n) is 4.57. The molecule has 0 fully saturated rings. The summed E-state index contributed by atoms with van der Waals surface area (Å²) in [6.07, 6.45) is 9.64. The molecule has 0 spiro atoms. The van der Waals surface area contributed by atoms with Crippen LogP contribution in [0.1, 0.15) is 45.1 Å². The van der Waals surface area contributed by atoms with E-state index in [1.807, 2.05) is 18.5 Å². The first-order valence-electron chi connectivity index (χ1n) is 6.42. The Morgan fingerprint density at radius 1 is 1.25 bits per heavy atom. The molecule has 90 valence electrons. The molecule has 0 radical (unpaired) electrons. The molecule has 1 aromatic rings. The van der Waals surface area contributed by atoms with Crippen molar-refractivity contribution in [2.45, 2.75) is 52.0 Å². The smallest absolute Gasteiger partial charge is 0.0300 e. The average molecular weight is 220 g/mol. The number of hydrogen-bond donors (Lipinski definition) is 1. The van der Waals surface area contributed by atoms with Crippen molar-refractivity contribution < 1.29 is 0 Å². The molecule has 0 aliphatic rings. The molecule has 2 N–H and O–H groups in total. The largest absolute Gasteiger partial charge is 0.327 e. The van der Waals surface area contributed by atoms with Crippen LogP contribution in [-0.4, -0.2) is 11.0 Å². The van der Waals surface area contributed by atoms with Gasteiger partial charge in [0.1, 0.15) is 0 Å². The summed E-state index contributed by atoms with van der Waals surface area (Å²) in [5, 5.41) is 0. The van der Waals surface area contributed by atoms with Gasteiger partial charge in [-0.25, -0.2) is 0 Å². The fourth-order valence-electron chi connectivity index (χ4n) is 2.27. The Morgan fingerprint density at radius 2 is 1.94 bits per heavy atom. The van der Waals surface area contributed by atoms with Gasteiger partial charge in [-0.15, -0.1) is 0 Å². The van der Waals surface area contributed by atoms with Crippen LogP contribution >= 0.6 is 0 Å². The van der Waals surface area contributed by atoms with E-state index in [-0.39, 0.29) is 6.04 Å².